The molecule has 0 atom stereocenters. The number of unbranched alkanes of at least 4 members (excludes halogenated alkanes) is 13. The summed E-state index contributed by atoms with van der Waals surface area (Å²) in [6.07, 6.45) is 14.2. The summed E-state index contributed by atoms with van der Waals surface area (Å²) in [7, 11) is 0. The van der Waals surface area contributed by atoms with Crippen LogP contribution in [0.5, 0.6) is 0 Å². The highest BCUT2D eigenvalue weighted by Crippen LogP contribution is 2.14. The first-order valence-corrected chi connectivity index (χ1v) is 9.47. The highest BCUT2D eigenvalue weighted by molar-refractivity contribution is 5.86. The van der Waals surface area contributed by atoms with Gasteiger partial charge in [0.15, 0.2) is 0 Å². The van der Waals surface area contributed by atoms with Crippen LogP contribution in [0.4, 0.5) is 13.2 Å². The SMILES string of the molecule is CCCCCCCCCCCCCCCCOC(=O)C(F)=C(F)F. The fourth-order valence-electron chi connectivity index (χ4n) is 2.60. The van der Waals surface area contributed by atoms with Crippen LogP contribution >= 0.6 is 0 Å². The standard InChI is InChI=1S/C19H33F3O2/c1-2-3-4-5-6-7-8-9-10-11-12-13-14-15-16-24-19(23)17(20)18(21)22/h2-16H2,1H3. The molecule has 0 aliphatic heterocycles. The van der Waals surface area contributed by atoms with E-state index in [1.807, 2.05) is 0 Å². The van der Waals surface area contributed by atoms with Crippen molar-refractivity contribution in [2.24, 2.45) is 0 Å². The van der Waals surface area contributed by atoms with Gasteiger partial charge in [-0.05, 0) is 6.42 Å². The first-order chi connectivity index (χ1) is 11.6. The summed E-state index contributed by atoms with van der Waals surface area (Å²) < 4.78 is 40.4. The summed E-state index contributed by atoms with van der Waals surface area (Å²) >= 11 is 0. The Kier molecular flexibility index (Phi) is 16.1. The molecule has 0 aromatic heterocycles. The number of halogens is 3. The average Bonchev–Trinajstić information content (AvgIpc) is 2.57. The first kappa shape index (κ1) is 23.0. The molecule has 0 fully saturated rings. The minimum absolute atomic E-state index is 0.00242. The van der Waals surface area contributed by atoms with Gasteiger partial charge in [0.05, 0.1) is 6.61 Å². The van der Waals surface area contributed by atoms with Crippen LogP contribution in [0.25, 0.3) is 0 Å². The predicted octanol–water partition coefficient (Wildman–Crippen LogP) is 7.09. The van der Waals surface area contributed by atoms with Crippen molar-refractivity contribution < 1.29 is 22.7 Å². The number of carbonyl (C=O) groups excluding carboxylic acids is 1. The Balaban J connectivity index is 3.21. The number of esters is 1. The third-order valence-corrected chi connectivity index (χ3v) is 4.08. The Labute approximate surface area is 144 Å². The van der Waals surface area contributed by atoms with Gasteiger partial charge < -0.3 is 4.74 Å². The summed E-state index contributed by atoms with van der Waals surface area (Å²) in [4.78, 5) is 10.8. The molecule has 0 rings (SSSR count). The van der Waals surface area contributed by atoms with Gasteiger partial charge in [-0.25, -0.2) is 4.79 Å². The van der Waals surface area contributed by atoms with Gasteiger partial charge in [0.1, 0.15) is 0 Å². The lowest BCUT2D eigenvalue weighted by Gasteiger charge is -2.04. The Morgan fingerprint density at radius 3 is 1.42 bits per heavy atom. The van der Waals surface area contributed by atoms with E-state index in [4.69, 9.17) is 0 Å². The van der Waals surface area contributed by atoms with Crippen LogP contribution in [0.3, 0.4) is 0 Å². The van der Waals surface area contributed by atoms with Crippen LogP contribution in [0.1, 0.15) is 96.8 Å². The zero-order chi connectivity index (χ0) is 18.0. The highest BCUT2D eigenvalue weighted by atomic mass is 19.3. The Morgan fingerprint density at radius 1 is 0.667 bits per heavy atom. The van der Waals surface area contributed by atoms with Gasteiger partial charge in [-0.15, -0.1) is 0 Å². The van der Waals surface area contributed by atoms with Crippen molar-refractivity contribution in [2.75, 3.05) is 6.61 Å². The molecule has 0 aromatic carbocycles. The van der Waals surface area contributed by atoms with E-state index in [1.165, 1.54) is 64.2 Å². The molecule has 5 heteroatoms. The lowest BCUT2D eigenvalue weighted by molar-refractivity contribution is -0.141. The van der Waals surface area contributed by atoms with Crippen molar-refractivity contribution in [3.8, 4) is 0 Å². The second kappa shape index (κ2) is 16.8. The maximum absolute atomic E-state index is 12.5. The molecular formula is C19H33F3O2. The summed E-state index contributed by atoms with van der Waals surface area (Å²) in [6, 6.07) is 0. The predicted molar refractivity (Wildman–Crippen MR) is 91.6 cm³/mol. The van der Waals surface area contributed by atoms with Crippen molar-refractivity contribution in [1.82, 2.24) is 0 Å². The van der Waals surface area contributed by atoms with Gasteiger partial charge in [-0.1, -0.05) is 90.4 Å². The monoisotopic (exact) mass is 350 g/mol. The molecule has 2 nitrogen and oxygen atoms in total. The maximum Gasteiger partial charge on any atom is 0.372 e. The van der Waals surface area contributed by atoms with E-state index in [1.54, 1.807) is 0 Å². The smallest absolute Gasteiger partial charge is 0.372 e. The molecule has 0 saturated heterocycles. The lowest BCUT2D eigenvalue weighted by atomic mass is 10.0. The molecule has 0 heterocycles. The van der Waals surface area contributed by atoms with Crippen LogP contribution in [0, 0.1) is 0 Å². The van der Waals surface area contributed by atoms with Crippen molar-refractivity contribution in [3.05, 3.63) is 11.9 Å². The first-order valence-electron chi connectivity index (χ1n) is 9.47. The summed E-state index contributed by atoms with van der Waals surface area (Å²) in [5.74, 6) is -3.65. The van der Waals surface area contributed by atoms with E-state index in [-0.39, 0.29) is 6.61 Å². The van der Waals surface area contributed by atoms with Gasteiger partial charge in [0.2, 0.25) is 0 Å². The Morgan fingerprint density at radius 2 is 1.04 bits per heavy atom. The Bertz CT molecular complexity index is 340. The number of hydrogen-bond acceptors (Lipinski definition) is 2. The zero-order valence-electron chi connectivity index (χ0n) is 15.1. The molecular weight excluding hydrogens is 317 g/mol. The minimum Gasteiger partial charge on any atom is -0.460 e. The van der Waals surface area contributed by atoms with Crippen LogP contribution in [0.2, 0.25) is 0 Å². The molecule has 24 heavy (non-hydrogen) atoms. The van der Waals surface area contributed by atoms with Gasteiger partial charge in [0.25, 0.3) is 5.83 Å². The third kappa shape index (κ3) is 14.6. The van der Waals surface area contributed by atoms with Crippen LogP contribution in [-0.2, 0) is 9.53 Å². The molecule has 142 valence electrons. The van der Waals surface area contributed by atoms with Crippen LogP contribution in [-0.4, -0.2) is 12.6 Å². The van der Waals surface area contributed by atoms with Crippen LogP contribution < -0.4 is 0 Å². The molecule has 0 aliphatic carbocycles. The van der Waals surface area contributed by atoms with E-state index in [2.05, 4.69) is 11.7 Å². The molecule has 0 radical (unpaired) electrons. The number of ether oxygens (including phenoxy) is 1. The van der Waals surface area contributed by atoms with Gasteiger partial charge in [-0.2, -0.15) is 13.2 Å². The number of hydrogen-bond donors (Lipinski definition) is 0. The molecule has 0 aromatic rings. The molecule has 0 unspecified atom stereocenters. The third-order valence-electron chi connectivity index (χ3n) is 4.08. The highest BCUT2D eigenvalue weighted by Gasteiger charge is 2.16. The van der Waals surface area contributed by atoms with Crippen molar-refractivity contribution >= 4 is 5.97 Å². The number of carbonyl (C=O) groups is 1. The maximum atomic E-state index is 12.5. The minimum atomic E-state index is -2.62. The fourth-order valence-corrected chi connectivity index (χ4v) is 2.60. The van der Waals surface area contributed by atoms with Gasteiger partial charge >= 0.3 is 12.0 Å². The zero-order valence-corrected chi connectivity index (χ0v) is 15.1. The summed E-state index contributed by atoms with van der Waals surface area (Å²) in [6.45, 7) is 2.23. The molecule has 0 saturated carbocycles. The number of rotatable bonds is 16. The van der Waals surface area contributed by atoms with Crippen molar-refractivity contribution in [1.29, 1.82) is 0 Å². The van der Waals surface area contributed by atoms with Crippen LogP contribution in [0.15, 0.2) is 11.9 Å². The fraction of sp³-hybridized carbons (Fsp3) is 0.842. The van der Waals surface area contributed by atoms with Crippen molar-refractivity contribution in [2.45, 2.75) is 96.8 Å². The average molecular weight is 350 g/mol. The normalized spacial score (nSPS) is 10.7. The molecule has 0 amide bonds. The van der Waals surface area contributed by atoms with E-state index in [9.17, 15) is 18.0 Å². The van der Waals surface area contributed by atoms with Gasteiger partial charge in [-0.3, -0.25) is 0 Å². The lowest BCUT2D eigenvalue weighted by Crippen LogP contribution is -2.07. The van der Waals surface area contributed by atoms with E-state index < -0.39 is 17.9 Å². The van der Waals surface area contributed by atoms with Gasteiger partial charge in [0, 0.05) is 0 Å². The quantitative estimate of drug-likeness (QED) is 0.169. The largest absolute Gasteiger partial charge is 0.460 e. The second-order valence-corrected chi connectivity index (χ2v) is 6.31. The Hall–Kier alpha value is -1.00. The summed E-state index contributed by atoms with van der Waals surface area (Å²) in [5, 5.41) is 0. The molecule has 0 N–H and O–H groups in total. The van der Waals surface area contributed by atoms with E-state index in [0.717, 1.165) is 19.3 Å². The van der Waals surface area contributed by atoms with Crippen molar-refractivity contribution in [3.63, 3.8) is 0 Å². The second-order valence-electron chi connectivity index (χ2n) is 6.31. The van der Waals surface area contributed by atoms with E-state index in [0.29, 0.717) is 6.42 Å². The van der Waals surface area contributed by atoms with E-state index >= 15 is 0 Å². The molecule has 0 spiro atoms. The topological polar surface area (TPSA) is 26.3 Å². The summed E-state index contributed by atoms with van der Waals surface area (Å²) in [5.41, 5.74) is 0. The molecule has 0 aliphatic rings. The molecule has 0 bridgehead atoms.